The molecule has 0 unspecified atom stereocenters. The fourth-order valence-electron chi connectivity index (χ4n) is 2.84. The Bertz CT molecular complexity index is 769. The van der Waals surface area contributed by atoms with E-state index in [0.29, 0.717) is 16.2 Å². The first kappa shape index (κ1) is 14.5. The molecule has 1 aliphatic carbocycles. The number of pyridine rings is 1. The van der Waals surface area contributed by atoms with Gasteiger partial charge in [-0.1, -0.05) is 24.6 Å². The van der Waals surface area contributed by atoms with E-state index in [1.165, 1.54) is 17.8 Å². The minimum Gasteiger partial charge on any atom is -0.289 e. The van der Waals surface area contributed by atoms with Crippen molar-refractivity contribution in [2.45, 2.75) is 36.9 Å². The van der Waals surface area contributed by atoms with Crippen molar-refractivity contribution in [1.82, 2.24) is 14.5 Å². The summed E-state index contributed by atoms with van der Waals surface area (Å²) < 4.78 is 1.64. The fourth-order valence-corrected chi connectivity index (χ4v) is 3.32. The number of carbonyl (C=O) groups is 1. The van der Waals surface area contributed by atoms with E-state index in [1.807, 2.05) is 6.26 Å². The molecule has 1 saturated carbocycles. The van der Waals surface area contributed by atoms with E-state index in [4.69, 9.17) is 11.6 Å². The van der Waals surface area contributed by atoms with Gasteiger partial charge in [-0.3, -0.25) is 14.2 Å². The molecule has 2 aromatic rings. The van der Waals surface area contributed by atoms with Crippen LogP contribution in [0.4, 0.5) is 0 Å². The molecule has 0 amide bonds. The third-order valence-electron chi connectivity index (χ3n) is 3.84. The van der Waals surface area contributed by atoms with Crippen molar-refractivity contribution >= 4 is 39.6 Å². The van der Waals surface area contributed by atoms with Crippen LogP contribution in [0, 0.1) is 0 Å². The maximum atomic E-state index is 12.6. The second-order valence-corrected chi connectivity index (χ2v) is 6.20. The van der Waals surface area contributed by atoms with Crippen LogP contribution >= 0.6 is 23.4 Å². The summed E-state index contributed by atoms with van der Waals surface area (Å²) in [5.74, 6) is 0. The van der Waals surface area contributed by atoms with Gasteiger partial charge in [0.2, 0.25) is 0 Å². The van der Waals surface area contributed by atoms with Gasteiger partial charge in [-0.15, -0.1) is 0 Å². The summed E-state index contributed by atoms with van der Waals surface area (Å²) in [4.78, 5) is 32.8. The van der Waals surface area contributed by atoms with Crippen LogP contribution < -0.4 is 5.56 Å². The van der Waals surface area contributed by atoms with E-state index in [2.05, 4.69) is 9.97 Å². The molecule has 0 spiro atoms. The summed E-state index contributed by atoms with van der Waals surface area (Å²) in [6.45, 7) is 0. The zero-order valence-corrected chi connectivity index (χ0v) is 13.1. The molecule has 0 saturated heterocycles. The third-order valence-corrected chi connectivity index (χ3v) is 4.60. The molecule has 1 aliphatic rings. The third kappa shape index (κ3) is 2.58. The maximum Gasteiger partial charge on any atom is 0.264 e. The Morgan fingerprint density at radius 2 is 2.14 bits per heavy atom. The lowest BCUT2D eigenvalue weighted by Gasteiger charge is -2.17. The predicted molar refractivity (Wildman–Crippen MR) is 83.3 cm³/mol. The number of halogens is 1. The topological polar surface area (TPSA) is 64.8 Å². The Hall–Kier alpha value is -1.40. The molecular formula is C14H14ClN3O2S. The number of hydrogen-bond acceptors (Lipinski definition) is 5. The number of aromatic nitrogens is 3. The van der Waals surface area contributed by atoms with Crippen LogP contribution in [0.25, 0.3) is 11.0 Å². The first-order valence-corrected chi connectivity index (χ1v) is 8.38. The number of hydrogen-bond donors (Lipinski definition) is 0. The van der Waals surface area contributed by atoms with Gasteiger partial charge in [0.1, 0.15) is 11.2 Å². The molecule has 0 N–H and O–H groups in total. The summed E-state index contributed by atoms with van der Waals surface area (Å²) in [7, 11) is 0. The van der Waals surface area contributed by atoms with Gasteiger partial charge >= 0.3 is 0 Å². The van der Waals surface area contributed by atoms with Crippen LogP contribution in [-0.2, 0) is 0 Å². The van der Waals surface area contributed by atoms with Crippen molar-refractivity contribution in [2.75, 3.05) is 6.26 Å². The predicted octanol–water partition coefficient (Wildman–Crippen LogP) is 3.01. The number of nitrogens with zero attached hydrogens (tertiary/aromatic N) is 3. The summed E-state index contributed by atoms with van der Waals surface area (Å²) >= 11 is 6.97. The highest BCUT2D eigenvalue weighted by Gasteiger charge is 2.24. The standard InChI is InChI=1S/C14H14ClN3O2S/c1-21-14-16-7-8-6-10(11(15)19)13(20)18(12(8)17-14)9-4-2-3-5-9/h6-7,9H,2-5H2,1H3. The average molecular weight is 324 g/mol. The van der Waals surface area contributed by atoms with E-state index in [1.54, 1.807) is 10.8 Å². The lowest BCUT2D eigenvalue weighted by molar-refractivity contribution is 0.107. The SMILES string of the molecule is CSc1ncc2cc(C(=O)Cl)c(=O)n(C3CCCC3)c2n1. The molecule has 0 radical (unpaired) electrons. The first-order chi connectivity index (χ1) is 10.1. The van der Waals surface area contributed by atoms with E-state index < -0.39 is 5.24 Å². The molecule has 7 heteroatoms. The van der Waals surface area contributed by atoms with Crippen molar-refractivity contribution in [1.29, 1.82) is 0 Å². The average Bonchev–Trinajstić information content (AvgIpc) is 2.99. The van der Waals surface area contributed by atoms with E-state index in [9.17, 15) is 9.59 Å². The van der Waals surface area contributed by atoms with Gasteiger partial charge in [0.25, 0.3) is 10.8 Å². The molecule has 3 rings (SSSR count). The van der Waals surface area contributed by atoms with Gasteiger partial charge in [0, 0.05) is 17.6 Å². The van der Waals surface area contributed by atoms with Crippen LogP contribution in [0.2, 0.25) is 0 Å². The van der Waals surface area contributed by atoms with Crippen LogP contribution in [0.1, 0.15) is 42.1 Å². The normalized spacial score (nSPS) is 15.7. The highest BCUT2D eigenvalue weighted by atomic mass is 35.5. The summed E-state index contributed by atoms with van der Waals surface area (Å²) in [6.07, 6.45) is 7.54. The van der Waals surface area contributed by atoms with Gasteiger partial charge in [0.05, 0.1) is 0 Å². The number of carbonyl (C=O) groups excluding carboxylic acids is 1. The summed E-state index contributed by atoms with van der Waals surface area (Å²) in [6, 6.07) is 1.57. The van der Waals surface area contributed by atoms with Crippen molar-refractivity contribution in [2.24, 2.45) is 0 Å². The Morgan fingerprint density at radius 1 is 1.43 bits per heavy atom. The maximum absolute atomic E-state index is 12.6. The Kier molecular flexibility index (Phi) is 3.99. The molecule has 0 bridgehead atoms. The number of thioether (sulfide) groups is 1. The monoisotopic (exact) mass is 323 g/mol. The fraction of sp³-hybridized carbons (Fsp3) is 0.429. The van der Waals surface area contributed by atoms with Gasteiger partial charge < -0.3 is 0 Å². The Labute approximate surface area is 130 Å². The zero-order chi connectivity index (χ0) is 15.0. The minimum atomic E-state index is -0.734. The van der Waals surface area contributed by atoms with Crippen molar-refractivity contribution in [3.05, 3.63) is 28.2 Å². The molecular weight excluding hydrogens is 310 g/mol. The van der Waals surface area contributed by atoms with Crippen LogP contribution in [0.3, 0.4) is 0 Å². The first-order valence-electron chi connectivity index (χ1n) is 6.78. The van der Waals surface area contributed by atoms with Crippen molar-refractivity contribution in [3.63, 3.8) is 0 Å². The van der Waals surface area contributed by atoms with Crippen LogP contribution in [-0.4, -0.2) is 26.0 Å². The second-order valence-electron chi connectivity index (χ2n) is 5.08. The molecule has 2 heterocycles. The Morgan fingerprint density at radius 3 is 2.76 bits per heavy atom. The lowest BCUT2D eigenvalue weighted by atomic mass is 10.2. The largest absolute Gasteiger partial charge is 0.289 e. The Balaban J connectivity index is 2.34. The van der Waals surface area contributed by atoms with E-state index in [-0.39, 0.29) is 17.2 Å². The van der Waals surface area contributed by atoms with E-state index in [0.717, 1.165) is 25.7 Å². The second kappa shape index (κ2) is 5.77. The molecule has 0 atom stereocenters. The highest BCUT2D eigenvalue weighted by molar-refractivity contribution is 7.98. The smallest absolute Gasteiger partial charge is 0.264 e. The van der Waals surface area contributed by atoms with Gasteiger partial charge in [-0.25, -0.2) is 9.97 Å². The minimum absolute atomic E-state index is 0.00318. The molecule has 5 nitrogen and oxygen atoms in total. The molecule has 0 aromatic carbocycles. The van der Waals surface area contributed by atoms with Crippen molar-refractivity contribution < 1.29 is 4.79 Å². The van der Waals surface area contributed by atoms with Crippen LogP contribution in [0.15, 0.2) is 22.2 Å². The molecule has 1 fully saturated rings. The molecule has 2 aromatic heterocycles. The van der Waals surface area contributed by atoms with Crippen LogP contribution in [0.5, 0.6) is 0 Å². The summed E-state index contributed by atoms with van der Waals surface area (Å²) in [5, 5.41) is 0.546. The van der Waals surface area contributed by atoms with Gasteiger partial charge in [-0.2, -0.15) is 0 Å². The molecule has 0 aliphatic heterocycles. The van der Waals surface area contributed by atoms with Crippen molar-refractivity contribution in [3.8, 4) is 0 Å². The van der Waals surface area contributed by atoms with E-state index >= 15 is 0 Å². The number of fused-ring (bicyclic) bond motifs is 1. The zero-order valence-electron chi connectivity index (χ0n) is 11.5. The lowest BCUT2D eigenvalue weighted by Crippen LogP contribution is -2.28. The molecule has 21 heavy (non-hydrogen) atoms. The quantitative estimate of drug-likeness (QED) is 0.493. The van der Waals surface area contributed by atoms with Gasteiger partial charge in [0.15, 0.2) is 5.16 Å². The summed E-state index contributed by atoms with van der Waals surface area (Å²) in [5.41, 5.74) is 0.240. The van der Waals surface area contributed by atoms with Gasteiger partial charge in [-0.05, 0) is 36.8 Å². The highest BCUT2D eigenvalue weighted by Crippen LogP contribution is 2.30. The number of rotatable bonds is 3. The molecule has 110 valence electrons.